The highest BCUT2D eigenvalue weighted by molar-refractivity contribution is 8.00. The Hall–Kier alpha value is -3.71. The molecule has 0 aliphatic carbocycles. The molecule has 1 atom stereocenters. The van der Waals surface area contributed by atoms with Gasteiger partial charge in [0, 0.05) is 16.6 Å². The zero-order valence-corrected chi connectivity index (χ0v) is 22.1. The summed E-state index contributed by atoms with van der Waals surface area (Å²) >= 11 is 1.61. The van der Waals surface area contributed by atoms with E-state index in [-0.39, 0.29) is 17.2 Å². The quantitative estimate of drug-likeness (QED) is 0.108. The van der Waals surface area contributed by atoms with Crippen LogP contribution in [0.1, 0.15) is 48.0 Å². The van der Waals surface area contributed by atoms with Gasteiger partial charge in [-0.15, -0.1) is 11.8 Å². The molecule has 0 fully saturated rings. The molecule has 200 valence electrons. The van der Waals surface area contributed by atoms with Gasteiger partial charge in [0.25, 0.3) is 0 Å². The van der Waals surface area contributed by atoms with Gasteiger partial charge in [-0.2, -0.15) is 0 Å². The summed E-state index contributed by atoms with van der Waals surface area (Å²) in [5.74, 6) is -0.0260. The van der Waals surface area contributed by atoms with E-state index in [2.05, 4.69) is 24.3 Å². The van der Waals surface area contributed by atoms with E-state index < -0.39 is 11.9 Å². The van der Waals surface area contributed by atoms with Gasteiger partial charge in [0.1, 0.15) is 11.5 Å². The van der Waals surface area contributed by atoms with E-state index in [4.69, 9.17) is 19.7 Å². The lowest BCUT2D eigenvalue weighted by molar-refractivity contribution is -0.137. The predicted octanol–water partition coefficient (Wildman–Crippen LogP) is 7.14. The number of aromatic carboxylic acids is 1. The highest BCUT2D eigenvalue weighted by Gasteiger charge is 2.10. The number of carboxylic acid groups (broad SMARTS) is 2. The molecule has 0 spiro atoms. The standard InChI is InChI=1S/C31H34O6S/c32-30(33)13-7-12-28(38-29-20-16-25(17-21-29)31(34)35)11-6-8-24-14-18-27(19-15-24)37-23-5-4-22-36-26-9-2-1-3-10-26/h1-3,6,9-11,14-21,28H,4-5,7-8,12-13,22-23H2,(H,32,33)(H,34,35)/b11-6-. The molecular weight excluding hydrogens is 500 g/mol. The van der Waals surface area contributed by atoms with Crippen molar-refractivity contribution in [2.24, 2.45) is 0 Å². The van der Waals surface area contributed by atoms with Gasteiger partial charge >= 0.3 is 11.9 Å². The molecule has 0 saturated heterocycles. The van der Waals surface area contributed by atoms with Gasteiger partial charge in [0.15, 0.2) is 0 Å². The highest BCUT2D eigenvalue weighted by atomic mass is 32.2. The molecule has 3 rings (SSSR count). The molecule has 7 heteroatoms. The first-order valence-corrected chi connectivity index (χ1v) is 13.7. The Morgan fingerprint density at radius 2 is 1.42 bits per heavy atom. The molecule has 6 nitrogen and oxygen atoms in total. The fourth-order valence-corrected chi connectivity index (χ4v) is 4.80. The Morgan fingerprint density at radius 1 is 0.789 bits per heavy atom. The van der Waals surface area contributed by atoms with Crippen molar-refractivity contribution >= 4 is 23.7 Å². The third-order valence-corrected chi connectivity index (χ3v) is 6.95. The zero-order valence-electron chi connectivity index (χ0n) is 21.3. The number of rotatable bonds is 17. The number of aliphatic carboxylic acids is 1. The van der Waals surface area contributed by atoms with Crippen molar-refractivity contribution in [3.05, 3.63) is 102 Å². The SMILES string of the molecule is O=C(O)CCCC(/C=C\Cc1ccc(OCCCCOc2ccccc2)cc1)Sc1ccc(C(=O)O)cc1. The van der Waals surface area contributed by atoms with Gasteiger partial charge in [0.2, 0.25) is 0 Å². The number of benzene rings is 3. The third kappa shape index (κ3) is 11.1. The zero-order chi connectivity index (χ0) is 27.0. The molecule has 0 bridgehead atoms. The van der Waals surface area contributed by atoms with Crippen molar-refractivity contribution in [3.63, 3.8) is 0 Å². The first-order chi connectivity index (χ1) is 18.5. The molecule has 3 aromatic rings. The minimum Gasteiger partial charge on any atom is -0.494 e. The van der Waals surface area contributed by atoms with E-state index >= 15 is 0 Å². The summed E-state index contributed by atoms with van der Waals surface area (Å²) in [4.78, 5) is 23.0. The topological polar surface area (TPSA) is 93.1 Å². The molecule has 2 N–H and O–H groups in total. The molecule has 0 aliphatic heterocycles. The summed E-state index contributed by atoms with van der Waals surface area (Å²) in [6.45, 7) is 1.31. The van der Waals surface area contributed by atoms with E-state index in [1.807, 2.05) is 42.5 Å². The Kier molecular flexibility index (Phi) is 12.3. The maximum absolute atomic E-state index is 11.1. The molecule has 0 aromatic heterocycles. The lowest BCUT2D eigenvalue weighted by Crippen LogP contribution is -2.03. The average molecular weight is 535 g/mol. The molecule has 0 saturated carbocycles. The Bertz CT molecular complexity index is 1140. The maximum Gasteiger partial charge on any atom is 0.335 e. The first-order valence-electron chi connectivity index (χ1n) is 12.8. The van der Waals surface area contributed by atoms with E-state index in [1.54, 1.807) is 36.0 Å². The van der Waals surface area contributed by atoms with Crippen molar-refractivity contribution in [2.45, 2.75) is 48.7 Å². The van der Waals surface area contributed by atoms with Crippen molar-refractivity contribution in [1.82, 2.24) is 0 Å². The minimum atomic E-state index is -0.954. The van der Waals surface area contributed by atoms with Gasteiger partial charge in [-0.25, -0.2) is 4.79 Å². The van der Waals surface area contributed by atoms with Crippen molar-refractivity contribution in [1.29, 1.82) is 0 Å². The van der Waals surface area contributed by atoms with Crippen LogP contribution in [0.2, 0.25) is 0 Å². The molecular formula is C31H34O6S. The van der Waals surface area contributed by atoms with Crippen LogP contribution in [-0.4, -0.2) is 40.6 Å². The lowest BCUT2D eigenvalue weighted by atomic mass is 10.1. The average Bonchev–Trinajstić information content (AvgIpc) is 2.92. The Balaban J connectivity index is 1.42. The second kappa shape index (κ2) is 16.2. The summed E-state index contributed by atoms with van der Waals surface area (Å²) in [5.41, 5.74) is 1.40. The van der Waals surface area contributed by atoms with Gasteiger partial charge in [-0.1, -0.05) is 42.5 Å². The molecule has 1 unspecified atom stereocenters. The number of allylic oxidation sites excluding steroid dienone is 1. The number of ether oxygens (including phenoxy) is 2. The van der Waals surface area contributed by atoms with Crippen LogP contribution >= 0.6 is 11.8 Å². The van der Waals surface area contributed by atoms with Crippen LogP contribution in [0.15, 0.2) is 95.9 Å². The molecule has 0 aliphatic rings. The van der Waals surface area contributed by atoms with Crippen LogP contribution < -0.4 is 9.47 Å². The largest absolute Gasteiger partial charge is 0.494 e. The van der Waals surface area contributed by atoms with Crippen LogP contribution in [0.4, 0.5) is 0 Å². The second-order valence-corrected chi connectivity index (χ2v) is 10.1. The van der Waals surface area contributed by atoms with Gasteiger partial charge in [0.05, 0.1) is 18.8 Å². The molecule has 38 heavy (non-hydrogen) atoms. The number of carbonyl (C=O) groups is 2. The summed E-state index contributed by atoms with van der Waals surface area (Å²) in [6.07, 6.45) is 8.23. The normalized spacial score (nSPS) is 11.8. The van der Waals surface area contributed by atoms with E-state index in [0.717, 1.165) is 47.6 Å². The fourth-order valence-electron chi connectivity index (χ4n) is 3.68. The number of carboxylic acids is 2. The van der Waals surface area contributed by atoms with Crippen LogP contribution in [-0.2, 0) is 11.2 Å². The maximum atomic E-state index is 11.1. The predicted molar refractivity (Wildman–Crippen MR) is 150 cm³/mol. The highest BCUT2D eigenvalue weighted by Crippen LogP contribution is 2.28. The molecule has 0 amide bonds. The summed E-state index contributed by atoms with van der Waals surface area (Å²) in [6, 6.07) is 24.6. The number of unbranched alkanes of at least 4 members (excludes halogenated alkanes) is 1. The van der Waals surface area contributed by atoms with Crippen LogP contribution in [0.25, 0.3) is 0 Å². The van der Waals surface area contributed by atoms with E-state index in [9.17, 15) is 9.59 Å². The van der Waals surface area contributed by atoms with E-state index in [0.29, 0.717) is 19.6 Å². The summed E-state index contributed by atoms with van der Waals surface area (Å²) < 4.78 is 11.5. The van der Waals surface area contributed by atoms with Crippen LogP contribution in [0, 0.1) is 0 Å². The van der Waals surface area contributed by atoms with E-state index in [1.165, 1.54) is 0 Å². The number of hydrogen-bond donors (Lipinski definition) is 2. The van der Waals surface area contributed by atoms with Crippen molar-refractivity contribution in [2.75, 3.05) is 13.2 Å². The monoisotopic (exact) mass is 534 g/mol. The van der Waals surface area contributed by atoms with Crippen molar-refractivity contribution < 1.29 is 29.3 Å². The Labute approximate surface area is 228 Å². The van der Waals surface area contributed by atoms with Crippen LogP contribution in [0.3, 0.4) is 0 Å². The number of thioether (sulfide) groups is 1. The summed E-state index contributed by atoms with van der Waals surface area (Å²) in [5, 5.41) is 18.2. The molecule has 3 aromatic carbocycles. The molecule has 0 heterocycles. The van der Waals surface area contributed by atoms with Crippen LogP contribution in [0.5, 0.6) is 11.5 Å². The third-order valence-electron chi connectivity index (χ3n) is 5.71. The Morgan fingerprint density at radius 3 is 2.03 bits per heavy atom. The smallest absolute Gasteiger partial charge is 0.335 e. The van der Waals surface area contributed by atoms with Gasteiger partial charge in [-0.3, -0.25) is 4.79 Å². The summed E-state index contributed by atoms with van der Waals surface area (Å²) in [7, 11) is 0. The molecule has 0 radical (unpaired) electrons. The van der Waals surface area contributed by atoms with Crippen molar-refractivity contribution in [3.8, 4) is 11.5 Å². The minimum absolute atomic E-state index is 0.0958. The first kappa shape index (κ1) is 28.9. The second-order valence-electron chi connectivity index (χ2n) is 8.77. The van der Waals surface area contributed by atoms with Gasteiger partial charge in [-0.05, 0) is 86.2 Å². The number of hydrogen-bond acceptors (Lipinski definition) is 5. The number of para-hydroxylation sites is 1. The van der Waals surface area contributed by atoms with Gasteiger partial charge < -0.3 is 19.7 Å². The lowest BCUT2D eigenvalue weighted by Gasteiger charge is -2.12. The fraction of sp³-hybridized carbons (Fsp3) is 0.290.